The molecule has 2 fully saturated rings. The zero-order valence-electron chi connectivity index (χ0n) is 26.7. The highest BCUT2D eigenvalue weighted by Crippen LogP contribution is 2.68. The van der Waals surface area contributed by atoms with Crippen molar-refractivity contribution in [3.8, 4) is 29.6 Å². The van der Waals surface area contributed by atoms with Gasteiger partial charge in [0.2, 0.25) is 0 Å². The Bertz CT molecular complexity index is 1560. The molecule has 5 aliphatic rings. The van der Waals surface area contributed by atoms with E-state index < -0.39 is 34.3 Å². The van der Waals surface area contributed by atoms with E-state index in [0.29, 0.717) is 36.1 Å². The van der Waals surface area contributed by atoms with E-state index in [1.165, 1.54) is 6.92 Å². The van der Waals surface area contributed by atoms with Gasteiger partial charge in [-0.1, -0.05) is 42.2 Å². The van der Waals surface area contributed by atoms with E-state index in [1.54, 1.807) is 19.1 Å². The molecule has 1 spiro atoms. The van der Waals surface area contributed by atoms with Crippen LogP contribution in [0.25, 0.3) is 0 Å². The number of benzene rings is 1. The van der Waals surface area contributed by atoms with Crippen LogP contribution in [0.4, 0.5) is 0 Å². The summed E-state index contributed by atoms with van der Waals surface area (Å²) < 4.78 is 26.1. The van der Waals surface area contributed by atoms with Crippen LogP contribution in [0.1, 0.15) is 97.5 Å². The molecular weight excluding hydrogens is 544 g/mol. The minimum Gasteiger partial charge on any atom is -0.477 e. The first-order valence-electron chi connectivity index (χ1n) is 15.1. The number of hydrogen-bond donors (Lipinski definition) is 0. The lowest BCUT2D eigenvalue weighted by atomic mass is 9.51. The number of carbonyl (C=O) groups excluding carboxylic acids is 3. The van der Waals surface area contributed by atoms with Crippen LogP contribution in [-0.2, 0) is 20.7 Å². The van der Waals surface area contributed by atoms with Gasteiger partial charge in [-0.25, -0.2) is 0 Å². The van der Waals surface area contributed by atoms with Gasteiger partial charge in [-0.2, -0.15) is 0 Å². The van der Waals surface area contributed by atoms with E-state index in [9.17, 15) is 14.4 Å². The Balaban J connectivity index is 1.86. The van der Waals surface area contributed by atoms with Gasteiger partial charge in [0.1, 0.15) is 22.8 Å². The molecule has 1 aromatic carbocycles. The minimum absolute atomic E-state index is 0.0355. The van der Waals surface area contributed by atoms with E-state index >= 15 is 0 Å². The molecule has 2 aliphatic heterocycles. The van der Waals surface area contributed by atoms with Crippen molar-refractivity contribution in [2.45, 2.75) is 110 Å². The summed E-state index contributed by atoms with van der Waals surface area (Å²) in [5, 5.41) is 0. The van der Waals surface area contributed by atoms with Crippen LogP contribution in [0, 0.1) is 24.2 Å². The van der Waals surface area contributed by atoms with Crippen LogP contribution in [0.3, 0.4) is 0 Å². The zero-order valence-corrected chi connectivity index (χ0v) is 26.7. The van der Waals surface area contributed by atoms with Gasteiger partial charge in [-0.15, -0.1) is 6.42 Å². The van der Waals surface area contributed by atoms with Gasteiger partial charge in [-0.3, -0.25) is 14.4 Å². The Morgan fingerprint density at radius 3 is 2.40 bits per heavy atom. The second kappa shape index (κ2) is 10.2. The number of terminal acetylenes is 1. The van der Waals surface area contributed by atoms with Crippen molar-refractivity contribution in [2.75, 3.05) is 0 Å². The van der Waals surface area contributed by atoms with Crippen molar-refractivity contribution in [1.82, 2.24) is 0 Å². The SMILES string of the molecule is C#CC(C)(CC)Oc1cc(OC(C)=O)c2c(c1CC=C(C)C)O[C@]13C(=C[C@@H]4C[C@H]1C(C)(C)O[C@@]3(CC=C(C)C)C4=O)C2=O. The first-order chi connectivity index (χ1) is 20.1. The van der Waals surface area contributed by atoms with Gasteiger partial charge in [0.25, 0.3) is 0 Å². The molecule has 5 atom stereocenters. The van der Waals surface area contributed by atoms with Crippen molar-refractivity contribution in [2.24, 2.45) is 11.8 Å². The molecule has 43 heavy (non-hydrogen) atoms. The fourth-order valence-electron chi connectivity index (χ4n) is 7.23. The number of allylic oxidation sites excluding steroid dienone is 4. The highest BCUT2D eigenvalue weighted by Gasteiger charge is 2.81. The second-order valence-corrected chi connectivity index (χ2v) is 13.5. The molecule has 6 rings (SSSR count). The lowest BCUT2D eigenvalue weighted by molar-refractivity contribution is -0.171. The summed E-state index contributed by atoms with van der Waals surface area (Å²) in [4.78, 5) is 41.3. The van der Waals surface area contributed by atoms with E-state index in [4.69, 9.17) is 25.4 Å². The Morgan fingerprint density at radius 1 is 1.14 bits per heavy atom. The molecule has 228 valence electrons. The average molecular weight is 587 g/mol. The number of Topliss-reactive ketones (excluding diaryl/α,β-unsaturated/α-hetero) is 2. The molecule has 0 radical (unpaired) electrons. The van der Waals surface area contributed by atoms with E-state index in [1.807, 2.05) is 60.6 Å². The van der Waals surface area contributed by atoms with Crippen molar-refractivity contribution in [1.29, 1.82) is 0 Å². The van der Waals surface area contributed by atoms with Crippen molar-refractivity contribution in [3.63, 3.8) is 0 Å². The number of ether oxygens (including phenoxy) is 4. The number of rotatable bonds is 8. The lowest BCUT2D eigenvalue weighted by Gasteiger charge is -2.56. The summed E-state index contributed by atoms with van der Waals surface area (Å²) in [6.07, 6.45) is 13.3. The molecule has 0 N–H and O–H groups in total. The molecule has 4 bridgehead atoms. The van der Waals surface area contributed by atoms with Gasteiger partial charge in [0, 0.05) is 42.4 Å². The Hall–Kier alpha value is -3.63. The van der Waals surface area contributed by atoms with Crippen molar-refractivity contribution in [3.05, 3.63) is 52.1 Å². The summed E-state index contributed by atoms with van der Waals surface area (Å²) >= 11 is 0. The fraction of sp³-hybridized carbons (Fsp3) is 0.528. The van der Waals surface area contributed by atoms with Gasteiger partial charge in [0.15, 0.2) is 28.4 Å². The second-order valence-electron chi connectivity index (χ2n) is 13.5. The Morgan fingerprint density at radius 2 is 1.81 bits per heavy atom. The summed E-state index contributed by atoms with van der Waals surface area (Å²) in [5.41, 5.74) is -1.28. The van der Waals surface area contributed by atoms with Crippen molar-refractivity contribution >= 4 is 17.5 Å². The molecule has 3 aliphatic carbocycles. The number of esters is 1. The van der Waals surface area contributed by atoms with Crippen LogP contribution in [0.2, 0.25) is 0 Å². The summed E-state index contributed by atoms with van der Waals surface area (Å²) in [6, 6.07) is 1.57. The lowest BCUT2D eigenvalue weighted by Crippen LogP contribution is -2.72. The van der Waals surface area contributed by atoms with E-state index in [0.717, 1.165) is 11.1 Å². The van der Waals surface area contributed by atoms with Gasteiger partial charge in [0.05, 0.1) is 5.60 Å². The first-order valence-corrected chi connectivity index (χ1v) is 15.1. The van der Waals surface area contributed by atoms with Crippen LogP contribution in [0.15, 0.2) is 41.0 Å². The largest absolute Gasteiger partial charge is 0.477 e. The van der Waals surface area contributed by atoms with Gasteiger partial charge >= 0.3 is 5.97 Å². The third-order valence-electron chi connectivity index (χ3n) is 9.48. The standard InChI is InChI=1S/C36H42O7/c1-11-34(10,12-2)41-26-19-27(40-22(7)37)29-30(38)25-17-23-18-28-33(8,9)43-35(32(23)39,16-15-21(5)6)36(25,28)42-31(29)24(26)14-13-20(3)4/h1,13,15,17,19,23,28H,12,14,16,18H2,2-10H3/t23-,28+,34?,35+,36-/m1/s1. The van der Waals surface area contributed by atoms with Crippen molar-refractivity contribution < 1.29 is 33.3 Å². The molecule has 0 amide bonds. The normalized spacial score (nSPS) is 28.8. The van der Waals surface area contributed by atoms with E-state index in [-0.39, 0.29) is 41.0 Å². The van der Waals surface area contributed by atoms with Crippen LogP contribution in [-0.4, -0.2) is 39.9 Å². The van der Waals surface area contributed by atoms with Crippen LogP contribution >= 0.6 is 0 Å². The molecule has 7 heteroatoms. The number of hydrogen-bond acceptors (Lipinski definition) is 7. The average Bonchev–Trinajstić information content (AvgIpc) is 3.08. The predicted octanol–water partition coefficient (Wildman–Crippen LogP) is 6.66. The van der Waals surface area contributed by atoms with Crippen LogP contribution in [0.5, 0.6) is 17.2 Å². The van der Waals surface area contributed by atoms with Gasteiger partial charge in [-0.05, 0) is 67.7 Å². The first kappa shape index (κ1) is 30.8. The Kier molecular flexibility index (Phi) is 7.33. The van der Waals surface area contributed by atoms with E-state index in [2.05, 4.69) is 5.92 Å². The maximum Gasteiger partial charge on any atom is 0.308 e. The number of carbonyl (C=O) groups is 3. The molecule has 1 saturated carbocycles. The molecule has 1 aromatic rings. The zero-order chi connectivity index (χ0) is 31.7. The molecular formula is C36H42O7. The maximum atomic E-state index is 14.7. The molecule has 1 saturated heterocycles. The van der Waals surface area contributed by atoms with Gasteiger partial charge < -0.3 is 18.9 Å². The minimum atomic E-state index is -1.40. The highest BCUT2D eigenvalue weighted by molar-refractivity contribution is 6.18. The van der Waals surface area contributed by atoms with Crippen LogP contribution < -0.4 is 14.2 Å². The fourth-order valence-corrected chi connectivity index (χ4v) is 7.23. The summed E-state index contributed by atoms with van der Waals surface area (Å²) in [6.45, 7) is 16.9. The quantitative estimate of drug-likeness (QED) is 0.146. The maximum absolute atomic E-state index is 14.7. The third kappa shape index (κ3) is 4.49. The predicted molar refractivity (Wildman–Crippen MR) is 163 cm³/mol. The molecule has 2 heterocycles. The summed E-state index contributed by atoms with van der Waals surface area (Å²) in [5.74, 6) is 1.61. The third-order valence-corrected chi connectivity index (χ3v) is 9.48. The monoisotopic (exact) mass is 586 g/mol. The molecule has 0 aromatic heterocycles. The smallest absolute Gasteiger partial charge is 0.308 e. The Labute approximate surface area is 254 Å². The molecule has 7 nitrogen and oxygen atoms in total. The number of ketones is 2. The highest BCUT2D eigenvalue weighted by atomic mass is 16.6. The summed E-state index contributed by atoms with van der Waals surface area (Å²) in [7, 11) is 0. The molecule has 1 unspecified atom stereocenters. The topological polar surface area (TPSA) is 88.1 Å². The number of fused-ring (bicyclic) bond motifs is 1.